The van der Waals surface area contributed by atoms with Crippen LogP contribution in [0.1, 0.15) is 49.8 Å². The summed E-state index contributed by atoms with van der Waals surface area (Å²) in [5.74, 6) is -0.279. The van der Waals surface area contributed by atoms with Crippen LogP contribution in [0, 0.1) is 5.41 Å². The van der Waals surface area contributed by atoms with Gasteiger partial charge >= 0.3 is 0 Å². The van der Waals surface area contributed by atoms with Crippen molar-refractivity contribution in [1.82, 2.24) is 30.4 Å². The van der Waals surface area contributed by atoms with Crippen molar-refractivity contribution in [2.24, 2.45) is 5.41 Å². The number of aromatic nitrogens is 6. The van der Waals surface area contributed by atoms with Crippen LogP contribution in [0.3, 0.4) is 0 Å². The van der Waals surface area contributed by atoms with Crippen LogP contribution in [0.2, 0.25) is 10.0 Å². The molecule has 26 heavy (non-hydrogen) atoms. The fourth-order valence-electron chi connectivity index (χ4n) is 2.87. The number of nitrogens with one attached hydrogen (secondary N) is 2. The van der Waals surface area contributed by atoms with Crippen molar-refractivity contribution in [3.63, 3.8) is 0 Å². The second kappa shape index (κ2) is 7.17. The fraction of sp³-hybridized carbons (Fsp3) is 0.353. The number of carbonyl (C=O) groups is 1. The van der Waals surface area contributed by atoms with E-state index in [-0.39, 0.29) is 5.78 Å². The van der Waals surface area contributed by atoms with E-state index >= 15 is 0 Å². The lowest BCUT2D eigenvalue weighted by molar-refractivity contribution is -0.128. The molecule has 3 rings (SSSR count). The Labute approximate surface area is 160 Å². The number of Topliss-reactive ketones (excluding diaryl/α,β-unsaturated/α-hetero) is 1. The molecule has 1 aromatic carbocycles. The number of H-pyrrole nitrogens is 2. The molecule has 0 spiro atoms. The van der Waals surface area contributed by atoms with Gasteiger partial charge < -0.3 is 0 Å². The standard InChI is InChI=1S/C17H18Cl2N6O/c1-17(2,3)14(26)13(16-21-8-23-25-16)12(15-20-7-22-24-15)10-5-4-9(18)6-11(10)19/h4-8,12-13H,1-3H3,(H,20,22,24)(H,21,23,25). The minimum absolute atomic E-state index is 0.0262. The summed E-state index contributed by atoms with van der Waals surface area (Å²) < 4.78 is 0. The van der Waals surface area contributed by atoms with Crippen LogP contribution in [0.15, 0.2) is 30.9 Å². The second-order valence-corrected chi connectivity index (χ2v) is 7.82. The summed E-state index contributed by atoms with van der Waals surface area (Å²) in [5.41, 5.74) is 0.0843. The lowest BCUT2D eigenvalue weighted by atomic mass is 9.74. The van der Waals surface area contributed by atoms with Crippen LogP contribution < -0.4 is 0 Å². The minimum atomic E-state index is -0.677. The number of nitrogens with zero attached hydrogens (tertiary/aromatic N) is 4. The van der Waals surface area contributed by atoms with E-state index < -0.39 is 17.3 Å². The molecule has 136 valence electrons. The number of benzene rings is 1. The Morgan fingerprint density at radius 1 is 1.04 bits per heavy atom. The molecule has 2 aromatic heterocycles. The van der Waals surface area contributed by atoms with E-state index in [9.17, 15) is 4.79 Å². The van der Waals surface area contributed by atoms with Gasteiger partial charge in [0.15, 0.2) is 0 Å². The predicted octanol–water partition coefficient (Wildman–Crippen LogP) is 3.76. The first kappa shape index (κ1) is 18.5. The topological polar surface area (TPSA) is 100 Å². The summed E-state index contributed by atoms with van der Waals surface area (Å²) in [7, 11) is 0. The SMILES string of the molecule is CC(C)(C)C(=O)C(c1ncn[nH]1)C(c1ncn[nH]1)c1ccc(Cl)cc1Cl. The second-order valence-electron chi connectivity index (χ2n) is 6.98. The number of hydrogen-bond donors (Lipinski definition) is 2. The van der Waals surface area contributed by atoms with Crippen LogP contribution >= 0.6 is 23.2 Å². The summed E-state index contributed by atoms with van der Waals surface area (Å²) in [6.45, 7) is 5.58. The van der Waals surface area contributed by atoms with E-state index in [4.69, 9.17) is 23.2 Å². The van der Waals surface area contributed by atoms with Crippen LogP contribution in [0.5, 0.6) is 0 Å². The van der Waals surface area contributed by atoms with Crippen molar-refractivity contribution in [3.8, 4) is 0 Å². The fourth-order valence-corrected chi connectivity index (χ4v) is 3.39. The smallest absolute Gasteiger partial charge is 0.149 e. The first-order valence-electron chi connectivity index (χ1n) is 7.99. The Morgan fingerprint density at radius 2 is 1.65 bits per heavy atom. The number of rotatable bonds is 5. The number of ketones is 1. The third kappa shape index (κ3) is 3.64. The third-order valence-electron chi connectivity index (χ3n) is 4.11. The molecule has 0 fully saturated rings. The molecule has 2 unspecified atom stereocenters. The highest BCUT2D eigenvalue weighted by atomic mass is 35.5. The van der Waals surface area contributed by atoms with Gasteiger partial charge in [-0.15, -0.1) is 0 Å². The van der Waals surface area contributed by atoms with E-state index in [0.717, 1.165) is 0 Å². The van der Waals surface area contributed by atoms with E-state index in [2.05, 4.69) is 30.4 Å². The summed E-state index contributed by atoms with van der Waals surface area (Å²) in [6, 6.07) is 5.16. The molecule has 3 aromatic rings. The molecule has 0 amide bonds. The molecule has 0 aliphatic heterocycles. The van der Waals surface area contributed by atoms with Gasteiger partial charge in [-0.3, -0.25) is 15.0 Å². The van der Waals surface area contributed by atoms with Gasteiger partial charge in [0.25, 0.3) is 0 Å². The zero-order chi connectivity index (χ0) is 18.9. The van der Waals surface area contributed by atoms with E-state index in [1.54, 1.807) is 18.2 Å². The monoisotopic (exact) mass is 392 g/mol. The van der Waals surface area contributed by atoms with Crippen molar-refractivity contribution in [2.45, 2.75) is 32.6 Å². The molecule has 0 saturated heterocycles. The van der Waals surface area contributed by atoms with Crippen molar-refractivity contribution in [1.29, 1.82) is 0 Å². The average Bonchev–Trinajstić information content (AvgIpc) is 3.25. The summed E-state index contributed by atoms with van der Waals surface area (Å²) in [6.07, 6.45) is 2.77. The van der Waals surface area contributed by atoms with Crippen molar-refractivity contribution < 1.29 is 4.79 Å². The lowest BCUT2D eigenvalue weighted by Gasteiger charge is -2.29. The van der Waals surface area contributed by atoms with Crippen LogP contribution in [-0.2, 0) is 4.79 Å². The summed E-state index contributed by atoms with van der Waals surface area (Å²) in [4.78, 5) is 21.8. The predicted molar refractivity (Wildman–Crippen MR) is 98.3 cm³/mol. The third-order valence-corrected chi connectivity index (χ3v) is 4.67. The van der Waals surface area contributed by atoms with Gasteiger partial charge in [0.1, 0.15) is 30.1 Å². The zero-order valence-corrected chi connectivity index (χ0v) is 16.0. The first-order chi connectivity index (χ1) is 12.3. The number of carbonyl (C=O) groups excluding carboxylic acids is 1. The lowest BCUT2D eigenvalue weighted by Crippen LogP contribution is -2.32. The molecule has 2 atom stereocenters. The van der Waals surface area contributed by atoms with Crippen LogP contribution in [0.4, 0.5) is 0 Å². The van der Waals surface area contributed by atoms with Crippen molar-refractivity contribution >= 4 is 29.0 Å². The maximum absolute atomic E-state index is 13.3. The van der Waals surface area contributed by atoms with Gasteiger partial charge in [0, 0.05) is 15.5 Å². The Balaban J connectivity index is 2.22. The van der Waals surface area contributed by atoms with E-state index in [0.29, 0.717) is 27.3 Å². The van der Waals surface area contributed by atoms with E-state index in [1.165, 1.54) is 12.7 Å². The first-order valence-corrected chi connectivity index (χ1v) is 8.74. The molecule has 2 heterocycles. The summed E-state index contributed by atoms with van der Waals surface area (Å²) in [5, 5.41) is 14.5. The highest BCUT2D eigenvalue weighted by Gasteiger charge is 2.41. The Morgan fingerprint density at radius 3 is 2.15 bits per heavy atom. The molecule has 2 N–H and O–H groups in total. The van der Waals surface area contributed by atoms with Crippen molar-refractivity contribution in [2.75, 3.05) is 0 Å². The van der Waals surface area contributed by atoms with Gasteiger partial charge in [-0.2, -0.15) is 10.2 Å². The quantitative estimate of drug-likeness (QED) is 0.688. The Bertz CT molecular complexity index is 887. The highest BCUT2D eigenvalue weighted by Crippen LogP contribution is 2.42. The van der Waals surface area contributed by atoms with Gasteiger partial charge in [0.05, 0.1) is 11.8 Å². The number of hydrogen-bond acceptors (Lipinski definition) is 5. The van der Waals surface area contributed by atoms with Crippen LogP contribution in [-0.4, -0.2) is 36.1 Å². The summed E-state index contributed by atoms with van der Waals surface area (Å²) >= 11 is 12.5. The maximum atomic E-state index is 13.3. The zero-order valence-electron chi connectivity index (χ0n) is 14.5. The van der Waals surface area contributed by atoms with Gasteiger partial charge in [-0.1, -0.05) is 50.0 Å². The molecule has 0 aliphatic carbocycles. The van der Waals surface area contributed by atoms with Crippen LogP contribution in [0.25, 0.3) is 0 Å². The number of halogens is 2. The Kier molecular flexibility index (Phi) is 5.11. The van der Waals surface area contributed by atoms with Gasteiger partial charge in [-0.25, -0.2) is 9.97 Å². The molecule has 7 nitrogen and oxygen atoms in total. The Hall–Kier alpha value is -2.25. The molecule has 0 saturated carbocycles. The molecular formula is C17H18Cl2N6O. The molecular weight excluding hydrogens is 375 g/mol. The molecule has 0 bridgehead atoms. The van der Waals surface area contributed by atoms with Gasteiger partial charge in [0.2, 0.25) is 0 Å². The molecule has 0 aliphatic rings. The average molecular weight is 393 g/mol. The maximum Gasteiger partial charge on any atom is 0.149 e. The van der Waals surface area contributed by atoms with Crippen molar-refractivity contribution in [3.05, 3.63) is 58.1 Å². The normalized spacial score (nSPS) is 14.2. The largest absolute Gasteiger partial charge is 0.298 e. The molecule has 0 radical (unpaired) electrons. The minimum Gasteiger partial charge on any atom is -0.298 e. The highest BCUT2D eigenvalue weighted by molar-refractivity contribution is 6.35. The number of aromatic amines is 2. The molecule has 9 heteroatoms. The van der Waals surface area contributed by atoms with Gasteiger partial charge in [-0.05, 0) is 17.7 Å². The van der Waals surface area contributed by atoms with E-state index in [1.807, 2.05) is 20.8 Å².